The Morgan fingerprint density at radius 3 is 1.00 bits per heavy atom. The van der Waals surface area contributed by atoms with Crippen LogP contribution in [0.3, 0.4) is 0 Å². The van der Waals surface area contributed by atoms with E-state index in [0.717, 1.165) is 0 Å². The number of halogens is 25. The Hall–Kier alpha value is -2.54. The highest BCUT2D eigenvalue weighted by Gasteiger charge is 2.99. The zero-order chi connectivity index (χ0) is 41.0. The van der Waals surface area contributed by atoms with Crippen molar-refractivity contribution in [2.75, 3.05) is 13.1 Å². The molecule has 0 aliphatic rings. The summed E-state index contributed by atoms with van der Waals surface area (Å²) in [5.41, 5.74) is -0.488. The van der Waals surface area contributed by atoms with E-state index in [4.69, 9.17) is 0 Å². The van der Waals surface area contributed by atoms with Crippen LogP contribution in [0.25, 0.3) is 0 Å². The van der Waals surface area contributed by atoms with Crippen molar-refractivity contribution in [2.24, 2.45) is 0 Å². The minimum Gasteiger partial charge on any atom is -0.339 e. The second kappa shape index (κ2) is 13.5. The van der Waals surface area contributed by atoms with E-state index in [9.17, 15) is 115 Å². The van der Waals surface area contributed by atoms with Gasteiger partial charge in [0.25, 0.3) is 0 Å². The maximum atomic E-state index is 14.3. The van der Waals surface area contributed by atoms with Gasteiger partial charge in [-0.05, 0) is 12.8 Å². The van der Waals surface area contributed by atoms with Crippen molar-refractivity contribution < 1.29 is 115 Å². The molecule has 0 atom stereocenters. The minimum absolute atomic E-state index is 0.0839. The predicted molar refractivity (Wildman–Crippen MR) is 116 cm³/mol. The Bertz CT molecular complexity index is 1220. The first kappa shape index (κ1) is 47.5. The van der Waals surface area contributed by atoms with Crippen LogP contribution in [0.2, 0.25) is 0 Å². The molecule has 2 nitrogen and oxygen atoms in total. The summed E-state index contributed by atoms with van der Waals surface area (Å²) in [4.78, 5) is 12.3. The Kier molecular flexibility index (Phi) is 12.8. The number of rotatable bonds is 18. The number of hydrogen-bond acceptors (Lipinski definition) is 1. The van der Waals surface area contributed by atoms with E-state index in [0.29, 0.717) is 0 Å². The molecule has 0 fully saturated rings. The number of unbranched alkanes of at least 4 members (excludes halogenated alkanes) is 1. The highest BCUT2D eigenvalue weighted by molar-refractivity contribution is 5.92. The largest absolute Gasteiger partial charge is 0.460 e. The lowest BCUT2D eigenvalue weighted by Gasteiger charge is -2.45. The molecule has 0 saturated carbocycles. The van der Waals surface area contributed by atoms with Gasteiger partial charge in [-0.2, -0.15) is 110 Å². The van der Waals surface area contributed by atoms with Crippen LogP contribution in [0.5, 0.6) is 0 Å². The summed E-state index contributed by atoms with van der Waals surface area (Å²) >= 11 is 0. The fourth-order valence-electron chi connectivity index (χ4n) is 3.46. The molecule has 0 aromatic carbocycles. The van der Waals surface area contributed by atoms with Gasteiger partial charge in [0.05, 0.1) is 0 Å². The summed E-state index contributed by atoms with van der Waals surface area (Å²) in [6, 6.07) is 0. The molecule has 0 N–H and O–H groups in total. The Labute approximate surface area is 262 Å². The SMILES string of the molecule is C=C(CC)C(=O)N(CCCC)CCC(F)(F)C(F)(F)C(F)(F)C(F)(F)C(F)(F)C(F)(F)C(F)(F)C(F)(F)C(F)(F)C(F)(F)C(F)(F)C(F)(F)F. The van der Waals surface area contributed by atoms with Crippen molar-refractivity contribution in [1.82, 2.24) is 4.90 Å². The van der Waals surface area contributed by atoms with Crippen LogP contribution >= 0.6 is 0 Å². The van der Waals surface area contributed by atoms with E-state index in [1.807, 2.05) is 0 Å². The molecule has 0 saturated heterocycles. The number of amides is 1. The summed E-state index contributed by atoms with van der Waals surface area (Å²) in [5, 5.41) is 0. The van der Waals surface area contributed by atoms with Crippen molar-refractivity contribution in [2.45, 2.75) is 111 Å². The Morgan fingerprint density at radius 2 is 0.740 bits per heavy atom. The molecule has 27 heteroatoms. The lowest BCUT2D eigenvalue weighted by atomic mass is 9.84. The first-order valence-electron chi connectivity index (χ1n) is 12.8. The molecular formula is C23H20F25NO. The molecule has 0 aromatic heterocycles. The zero-order valence-corrected chi connectivity index (χ0v) is 24.3. The van der Waals surface area contributed by atoms with E-state index in [-0.39, 0.29) is 24.2 Å². The van der Waals surface area contributed by atoms with Gasteiger partial charge in [-0.3, -0.25) is 4.79 Å². The van der Waals surface area contributed by atoms with Gasteiger partial charge in [0.1, 0.15) is 0 Å². The molecule has 1 amide bonds. The smallest absolute Gasteiger partial charge is 0.339 e. The molecule has 0 aromatic rings. The van der Waals surface area contributed by atoms with Gasteiger partial charge < -0.3 is 4.90 Å². The summed E-state index contributed by atoms with van der Waals surface area (Å²) in [6.45, 7) is 3.09. The summed E-state index contributed by atoms with van der Waals surface area (Å²) in [7, 11) is 0. The van der Waals surface area contributed by atoms with Crippen molar-refractivity contribution in [1.29, 1.82) is 0 Å². The van der Waals surface area contributed by atoms with E-state index < -0.39 is 102 Å². The average Bonchev–Trinajstić information content (AvgIpc) is 2.94. The molecule has 0 aliphatic heterocycles. The van der Waals surface area contributed by atoms with Crippen molar-refractivity contribution in [3.05, 3.63) is 12.2 Å². The summed E-state index contributed by atoms with van der Waals surface area (Å²) in [6.07, 6.45) is -11.6. The van der Waals surface area contributed by atoms with Gasteiger partial charge in [0, 0.05) is 25.1 Å². The van der Waals surface area contributed by atoms with Crippen LogP contribution in [0.1, 0.15) is 39.5 Å². The highest BCUT2D eigenvalue weighted by Crippen LogP contribution is 2.67. The van der Waals surface area contributed by atoms with Gasteiger partial charge in [-0.25, -0.2) is 0 Å². The molecule has 50 heavy (non-hydrogen) atoms. The van der Waals surface area contributed by atoms with Gasteiger partial charge in [0.2, 0.25) is 5.91 Å². The van der Waals surface area contributed by atoms with Crippen LogP contribution in [-0.2, 0) is 4.79 Å². The van der Waals surface area contributed by atoms with Crippen LogP contribution in [0, 0.1) is 0 Å². The van der Waals surface area contributed by atoms with Crippen LogP contribution < -0.4 is 0 Å². The van der Waals surface area contributed by atoms with E-state index in [2.05, 4.69) is 6.58 Å². The first-order chi connectivity index (χ1) is 21.6. The summed E-state index contributed by atoms with van der Waals surface area (Å²) in [5.74, 6) is -100. The third-order valence-corrected chi connectivity index (χ3v) is 6.86. The average molecular weight is 801 g/mol. The van der Waals surface area contributed by atoms with Gasteiger partial charge >= 0.3 is 71.3 Å². The Morgan fingerprint density at radius 1 is 0.460 bits per heavy atom. The van der Waals surface area contributed by atoms with E-state index >= 15 is 0 Å². The number of carbonyl (C=O) groups is 1. The molecule has 0 heterocycles. The quantitative estimate of drug-likeness (QED) is 0.0999. The molecule has 0 rings (SSSR count). The van der Waals surface area contributed by atoms with Crippen LogP contribution in [0.4, 0.5) is 110 Å². The fraction of sp³-hybridized carbons (Fsp3) is 0.870. The standard InChI is InChI=1S/C23H20F25NO/c1-4-6-8-49(11(50)10(3)5-2)9-7-12(24,25)13(26,27)14(28,29)15(30,31)16(32,33)17(34,35)18(36,37)19(38,39)20(40,41)21(42,43)22(44,45)23(46,47)48/h3-9H2,1-2H3. The Balaban J connectivity index is 7.14. The second-order valence-electron chi connectivity index (χ2n) is 10.3. The third-order valence-electron chi connectivity index (χ3n) is 6.86. The van der Waals surface area contributed by atoms with Crippen molar-refractivity contribution in [3.8, 4) is 0 Å². The van der Waals surface area contributed by atoms with Gasteiger partial charge in [-0.15, -0.1) is 0 Å². The normalized spacial score (nSPS) is 15.7. The van der Waals surface area contributed by atoms with Crippen molar-refractivity contribution >= 4 is 5.91 Å². The highest BCUT2D eigenvalue weighted by atomic mass is 19.4. The number of hydrogen-bond donors (Lipinski definition) is 0. The van der Waals surface area contributed by atoms with E-state index in [1.54, 1.807) is 0 Å². The molecular weight excluding hydrogens is 781 g/mol. The maximum Gasteiger partial charge on any atom is 0.460 e. The van der Waals surface area contributed by atoms with Crippen LogP contribution in [-0.4, -0.2) is 95.2 Å². The van der Waals surface area contributed by atoms with Crippen molar-refractivity contribution in [3.63, 3.8) is 0 Å². The summed E-state index contributed by atoms with van der Waals surface area (Å²) < 4.78 is 340. The lowest BCUT2D eigenvalue weighted by Crippen LogP contribution is -2.78. The fourth-order valence-corrected chi connectivity index (χ4v) is 3.46. The third kappa shape index (κ3) is 6.63. The number of alkyl halides is 25. The molecule has 0 radical (unpaired) electrons. The molecule has 298 valence electrons. The minimum atomic E-state index is -9.63. The second-order valence-corrected chi connectivity index (χ2v) is 10.3. The number of nitrogens with zero attached hydrogens (tertiary/aromatic N) is 1. The molecule has 0 aliphatic carbocycles. The predicted octanol–water partition coefficient (Wildman–Crippen LogP) is 10.5. The monoisotopic (exact) mass is 801 g/mol. The molecule has 0 unspecified atom stereocenters. The number of carbonyl (C=O) groups excluding carboxylic acids is 1. The molecule has 0 spiro atoms. The first-order valence-corrected chi connectivity index (χ1v) is 12.8. The zero-order valence-electron chi connectivity index (χ0n) is 24.3. The van der Waals surface area contributed by atoms with Gasteiger partial charge in [0.15, 0.2) is 0 Å². The topological polar surface area (TPSA) is 20.3 Å². The van der Waals surface area contributed by atoms with E-state index in [1.165, 1.54) is 13.8 Å². The van der Waals surface area contributed by atoms with Gasteiger partial charge in [-0.1, -0.05) is 26.8 Å². The van der Waals surface area contributed by atoms with Crippen LogP contribution in [0.15, 0.2) is 12.2 Å². The molecule has 0 bridgehead atoms. The maximum absolute atomic E-state index is 14.3. The lowest BCUT2D eigenvalue weighted by molar-refractivity contribution is -0.482.